The third-order valence-electron chi connectivity index (χ3n) is 7.45. The number of anilines is 1. The molecule has 0 saturated heterocycles. The number of rotatable bonds is 7. The first-order valence-corrected chi connectivity index (χ1v) is 13.0. The van der Waals surface area contributed by atoms with Crippen LogP contribution in [0.15, 0.2) is 66.7 Å². The third kappa shape index (κ3) is 5.25. The lowest BCUT2D eigenvalue weighted by Crippen LogP contribution is -2.37. The van der Waals surface area contributed by atoms with E-state index < -0.39 is 0 Å². The maximum absolute atomic E-state index is 13.3. The first-order valence-electron chi connectivity index (χ1n) is 12.6. The average molecular weight is 502 g/mol. The summed E-state index contributed by atoms with van der Waals surface area (Å²) in [7, 11) is 0. The predicted molar refractivity (Wildman–Crippen MR) is 146 cm³/mol. The van der Waals surface area contributed by atoms with Gasteiger partial charge in [-0.3, -0.25) is 9.89 Å². The minimum absolute atomic E-state index is 0.0334. The van der Waals surface area contributed by atoms with E-state index in [1.807, 2.05) is 48.5 Å². The molecule has 1 heterocycles. The number of amides is 1. The molecule has 1 fully saturated rings. The van der Waals surface area contributed by atoms with Gasteiger partial charge in [-0.1, -0.05) is 54.1 Å². The smallest absolute Gasteiger partial charge is 0.223 e. The molecule has 0 aliphatic heterocycles. The molecule has 0 spiro atoms. The van der Waals surface area contributed by atoms with Crippen molar-refractivity contribution in [3.05, 3.63) is 82.9 Å². The molecule has 7 heteroatoms. The SMILES string of the molecule is NC[C@H]1CC[C@H](C(=O)NC(Cc2ccccc2)c2ccc(Cl)c(-c3ccc4c(N)n[nH]c4c3)c2)CC1. The van der Waals surface area contributed by atoms with E-state index in [1.165, 1.54) is 5.56 Å². The Labute approximate surface area is 216 Å². The summed E-state index contributed by atoms with van der Waals surface area (Å²) >= 11 is 6.66. The van der Waals surface area contributed by atoms with E-state index in [2.05, 4.69) is 33.7 Å². The zero-order valence-electron chi connectivity index (χ0n) is 20.2. The number of aromatic amines is 1. The highest BCUT2D eigenvalue weighted by Crippen LogP contribution is 2.34. The number of H-pyrrole nitrogens is 1. The normalized spacial score (nSPS) is 18.7. The van der Waals surface area contributed by atoms with E-state index in [9.17, 15) is 4.79 Å². The number of carbonyl (C=O) groups excluding carboxylic acids is 1. The van der Waals surface area contributed by atoms with Crippen molar-refractivity contribution in [1.29, 1.82) is 0 Å². The van der Waals surface area contributed by atoms with Crippen LogP contribution in [0.4, 0.5) is 5.82 Å². The second-order valence-corrected chi connectivity index (χ2v) is 10.2. The number of hydrogen-bond acceptors (Lipinski definition) is 4. The van der Waals surface area contributed by atoms with Crippen LogP contribution in [0.5, 0.6) is 0 Å². The van der Waals surface area contributed by atoms with Crippen molar-refractivity contribution in [3.63, 3.8) is 0 Å². The Hall–Kier alpha value is -3.35. The summed E-state index contributed by atoms with van der Waals surface area (Å²) in [4.78, 5) is 13.3. The fourth-order valence-corrected chi connectivity index (χ4v) is 5.47. The molecule has 5 rings (SSSR count). The van der Waals surface area contributed by atoms with Gasteiger partial charge in [0, 0.05) is 21.9 Å². The summed E-state index contributed by atoms with van der Waals surface area (Å²) in [6.07, 6.45) is 4.52. The predicted octanol–water partition coefficient (Wildman–Crippen LogP) is 5.63. The monoisotopic (exact) mass is 501 g/mol. The van der Waals surface area contributed by atoms with Crippen LogP contribution in [0.25, 0.3) is 22.0 Å². The summed E-state index contributed by atoms with van der Waals surface area (Å²) in [5.41, 5.74) is 16.7. The van der Waals surface area contributed by atoms with Crippen molar-refractivity contribution in [1.82, 2.24) is 15.5 Å². The molecule has 4 aromatic rings. The van der Waals surface area contributed by atoms with E-state index in [-0.39, 0.29) is 17.9 Å². The van der Waals surface area contributed by atoms with E-state index >= 15 is 0 Å². The van der Waals surface area contributed by atoms with E-state index in [1.54, 1.807) is 0 Å². The molecule has 1 unspecified atom stereocenters. The van der Waals surface area contributed by atoms with Crippen molar-refractivity contribution in [2.75, 3.05) is 12.3 Å². The summed E-state index contributed by atoms with van der Waals surface area (Å²) < 4.78 is 0. The molecule has 1 aliphatic carbocycles. The standard InChI is InChI=1S/C29H32ClN5O/c30-25-13-11-22(15-24(25)21-10-12-23-27(16-21)34-35-28(23)32)26(14-18-4-2-1-3-5-18)33-29(36)20-8-6-19(17-31)7-9-20/h1-5,10-13,15-16,19-20,26H,6-9,14,17,31H2,(H,33,36)(H3,32,34,35)/t19-,20-,26?. The number of carbonyl (C=O) groups is 1. The maximum atomic E-state index is 13.3. The minimum atomic E-state index is -0.172. The van der Waals surface area contributed by atoms with Crippen molar-refractivity contribution in [2.45, 2.75) is 38.1 Å². The van der Waals surface area contributed by atoms with Crippen LogP contribution >= 0.6 is 11.6 Å². The Morgan fingerprint density at radius 3 is 2.58 bits per heavy atom. The molecular weight excluding hydrogens is 470 g/mol. The zero-order chi connectivity index (χ0) is 25.1. The summed E-state index contributed by atoms with van der Waals surface area (Å²) in [6.45, 7) is 0.704. The number of aromatic nitrogens is 2. The van der Waals surface area contributed by atoms with Gasteiger partial charge in [0.2, 0.25) is 5.91 Å². The summed E-state index contributed by atoms with van der Waals surface area (Å²) in [5, 5.41) is 12.0. The van der Waals surface area contributed by atoms with Crippen molar-refractivity contribution in [3.8, 4) is 11.1 Å². The highest BCUT2D eigenvalue weighted by molar-refractivity contribution is 6.33. The molecule has 0 radical (unpaired) electrons. The van der Waals surface area contributed by atoms with Gasteiger partial charge in [-0.15, -0.1) is 0 Å². The van der Waals surface area contributed by atoms with Crippen molar-refractivity contribution < 1.29 is 4.79 Å². The summed E-state index contributed by atoms with van der Waals surface area (Å²) in [5.74, 6) is 1.17. The number of nitrogens with one attached hydrogen (secondary N) is 2. The van der Waals surface area contributed by atoms with E-state index in [4.69, 9.17) is 23.1 Å². The van der Waals surface area contributed by atoms with Gasteiger partial charge >= 0.3 is 0 Å². The largest absolute Gasteiger partial charge is 0.382 e. The Balaban J connectivity index is 1.44. The Bertz CT molecular complexity index is 1340. The fourth-order valence-electron chi connectivity index (χ4n) is 5.24. The zero-order valence-corrected chi connectivity index (χ0v) is 21.0. The number of benzene rings is 3. The number of nitrogen functional groups attached to an aromatic ring is 1. The molecule has 1 atom stereocenters. The number of fused-ring (bicyclic) bond motifs is 1. The van der Waals surface area contributed by atoms with Crippen LogP contribution < -0.4 is 16.8 Å². The highest BCUT2D eigenvalue weighted by atomic mass is 35.5. The average Bonchev–Trinajstić information content (AvgIpc) is 3.29. The lowest BCUT2D eigenvalue weighted by molar-refractivity contribution is -0.127. The Morgan fingerprint density at radius 1 is 1.06 bits per heavy atom. The second kappa shape index (κ2) is 10.7. The molecule has 1 aromatic heterocycles. The lowest BCUT2D eigenvalue weighted by Gasteiger charge is -2.29. The topological polar surface area (TPSA) is 110 Å². The molecule has 36 heavy (non-hydrogen) atoms. The van der Waals surface area contributed by atoms with Gasteiger partial charge in [0.15, 0.2) is 5.82 Å². The van der Waals surface area contributed by atoms with Gasteiger partial charge in [-0.2, -0.15) is 5.10 Å². The Kier molecular flexibility index (Phi) is 7.25. The van der Waals surface area contributed by atoms with Crippen LogP contribution in [-0.4, -0.2) is 22.6 Å². The first kappa shape index (κ1) is 24.3. The van der Waals surface area contributed by atoms with Crippen molar-refractivity contribution >= 4 is 34.2 Å². The summed E-state index contributed by atoms with van der Waals surface area (Å²) in [6, 6.07) is 22.0. The van der Waals surface area contributed by atoms with Crippen LogP contribution in [0.1, 0.15) is 42.9 Å². The van der Waals surface area contributed by atoms with Crippen molar-refractivity contribution in [2.24, 2.45) is 17.6 Å². The first-order chi connectivity index (χ1) is 17.5. The number of hydrogen-bond donors (Lipinski definition) is 4. The molecule has 1 aliphatic rings. The molecule has 6 nitrogen and oxygen atoms in total. The number of halogens is 1. The van der Waals surface area contributed by atoms with Crippen LogP contribution in [0.3, 0.4) is 0 Å². The van der Waals surface area contributed by atoms with Crippen LogP contribution in [-0.2, 0) is 11.2 Å². The second-order valence-electron chi connectivity index (χ2n) is 9.81. The molecule has 1 saturated carbocycles. The van der Waals surface area contributed by atoms with Gasteiger partial charge in [-0.05, 0) is 85.5 Å². The number of nitrogens with zero attached hydrogens (tertiary/aromatic N) is 1. The van der Waals surface area contributed by atoms with Crippen LogP contribution in [0.2, 0.25) is 5.02 Å². The van der Waals surface area contributed by atoms with E-state index in [0.29, 0.717) is 29.7 Å². The quantitative estimate of drug-likeness (QED) is 0.263. The van der Waals surface area contributed by atoms with Gasteiger partial charge in [0.25, 0.3) is 0 Å². The van der Waals surface area contributed by atoms with Gasteiger partial charge in [0.1, 0.15) is 0 Å². The van der Waals surface area contributed by atoms with Gasteiger partial charge in [0.05, 0.1) is 11.6 Å². The van der Waals surface area contributed by atoms with Crippen LogP contribution in [0, 0.1) is 11.8 Å². The molecule has 3 aromatic carbocycles. The number of nitrogens with two attached hydrogens (primary N) is 2. The molecule has 1 amide bonds. The maximum Gasteiger partial charge on any atom is 0.223 e. The molecular formula is C29H32ClN5O. The minimum Gasteiger partial charge on any atom is -0.382 e. The fraction of sp³-hybridized carbons (Fsp3) is 0.310. The molecule has 186 valence electrons. The van der Waals surface area contributed by atoms with Gasteiger partial charge in [-0.25, -0.2) is 0 Å². The lowest BCUT2D eigenvalue weighted by atomic mass is 9.81. The van der Waals surface area contributed by atoms with E-state index in [0.717, 1.165) is 53.3 Å². The third-order valence-corrected chi connectivity index (χ3v) is 7.78. The highest BCUT2D eigenvalue weighted by Gasteiger charge is 2.28. The van der Waals surface area contributed by atoms with Gasteiger partial charge < -0.3 is 16.8 Å². The molecule has 6 N–H and O–H groups in total. The Morgan fingerprint density at radius 2 is 1.83 bits per heavy atom. The molecule has 0 bridgehead atoms.